The molecule has 3 rings (SSSR count). The van der Waals surface area contributed by atoms with Crippen LogP contribution in [0.2, 0.25) is 5.02 Å². The van der Waals surface area contributed by atoms with Crippen molar-refractivity contribution in [3.05, 3.63) is 40.9 Å². The highest BCUT2D eigenvalue weighted by Crippen LogP contribution is 2.26. The smallest absolute Gasteiger partial charge is 0.200 e. The van der Waals surface area contributed by atoms with E-state index in [0.717, 1.165) is 11.3 Å². The lowest BCUT2D eigenvalue weighted by atomic mass is 10.2. The molecule has 0 atom stereocenters. The van der Waals surface area contributed by atoms with Crippen molar-refractivity contribution >= 4 is 23.1 Å². The van der Waals surface area contributed by atoms with Gasteiger partial charge >= 0.3 is 0 Å². The fourth-order valence-electron chi connectivity index (χ4n) is 1.82. The van der Waals surface area contributed by atoms with E-state index in [1.54, 1.807) is 19.2 Å². The summed E-state index contributed by atoms with van der Waals surface area (Å²) in [6.45, 7) is 0.490. The predicted octanol–water partition coefficient (Wildman–Crippen LogP) is 1.79. The predicted molar refractivity (Wildman–Crippen MR) is 73.9 cm³/mol. The van der Waals surface area contributed by atoms with E-state index < -0.39 is 0 Å². The van der Waals surface area contributed by atoms with Gasteiger partial charge in [-0.1, -0.05) is 17.7 Å². The van der Waals surface area contributed by atoms with Gasteiger partial charge in [0.1, 0.15) is 11.6 Å². The Morgan fingerprint density at radius 1 is 1.30 bits per heavy atom. The van der Waals surface area contributed by atoms with E-state index in [4.69, 9.17) is 16.3 Å². The lowest BCUT2D eigenvalue weighted by Gasteiger charge is -2.11. The average molecular weight is 291 g/mol. The summed E-state index contributed by atoms with van der Waals surface area (Å²) in [6, 6.07) is 9.10. The van der Waals surface area contributed by atoms with Crippen LogP contribution in [0.3, 0.4) is 0 Å². The first-order chi connectivity index (χ1) is 9.78. The monoisotopic (exact) mass is 290 g/mol. The zero-order valence-electron chi connectivity index (χ0n) is 10.6. The minimum atomic E-state index is 0.490. The third kappa shape index (κ3) is 2.35. The summed E-state index contributed by atoms with van der Waals surface area (Å²) in [5.41, 5.74) is 1.46. The van der Waals surface area contributed by atoms with Crippen LogP contribution < -0.4 is 10.1 Å². The Labute approximate surface area is 119 Å². The van der Waals surface area contributed by atoms with Crippen LogP contribution in [0.25, 0.3) is 5.65 Å². The number of rotatable bonds is 4. The van der Waals surface area contributed by atoms with Crippen molar-refractivity contribution in [2.24, 2.45) is 0 Å². The molecule has 0 aliphatic rings. The number of benzene rings is 1. The van der Waals surface area contributed by atoms with E-state index in [9.17, 15) is 0 Å². The first-order valence-electron chi connectivity index (χ1n) is 5.88. The average Bonchev–Trinajstić information content (AvgIpc) is 2.93. The molecule has 8 heteroatoms. The number of hydrogen-bond acceptors (Lipinski definition) is 6. The third-order valence-corrected chi connectivity index (χ3v) is 3.17. The summed E-state index contributed by atoms with van der Waals surface area (Å²) in [4.78, 5) is 0. The molecule has 0 aliphatic carbocycles. The first kappa shape index (κ1) is 12.6. The molecule has 1 N–H and O–H groups in total. The molecule has 2 heterocycles. The number of halogens is 1. The molecule has 0 bridgehead atoms. The second kappa shape index (κ2) is 5.30. The van der Waals surface area contributed by atoms with Crippen LogP contribution in [0.15, 0.2) is 30.3 Å². The van der Waals surface area contributed by atoms with Gasteiger partial charge in [-0.3, -0.25) is 0 Å². The maximum Gasteiger partial charge on any atom is 0.200 e. The number of nitrogens with one attached hydrogen (secondary N) is 1. The Balaban J connectivity index is 1.82. The van der Waals surface area contributed by atoms with Crippen LogP contribution in [0, 0.1) is 0 Å². The van der Waals surface area contributed by atoms with Gasteiger partial charge in [0.2, 0.25) is 0 Å². The van der Waals surface area contributed by atoms with Crippen LogP contribution in [-0.2, 0) is 6.54 Å². The van der Waals surface area contributed by atoms with E-state index >= 15 is 0 Å². The molecule has 0 spiro atoms. The van der Waals surface area contributed by atoms with Crippen molar-refractivity contribution in [3.63, 3.8) is 0 Å². The van der Waals surface area contributed by atoms with Crippen molar-refractivity contribution in [1.82, 2.24) is 25.3 Å². The topological polar surface area (TPSA) is 77.2 Å². The largest absolute Gasteiger partial charge is 0.496 e. The van der Waals surface area contributed by atoms with Gasteiger partial charge in [0, 0.05) is 17.1 Å². The zero-order valence-corrected chi connectivity index (χ0v) is 11.4. The number of tetrazole rings is 1. The molecule has 1 aromatic carbocycles. The minimum Gasteiger partial charge on any atom is -0.496 e. The van der Waals surface area contributed by atoms with E-state index in [0.29, 0.717) is 23.0 Å². The minimum absolute atomic E-state index is 0.490. The summed E-state index contributed by atoms with van der Waals surface area (Å²) in [5, 5.41) is 19.1. The van der Waals surface area contributed by atoms with Crippen molar-refractivity contribution in [3.8, 4) is 5.75 Å². The highest BCUT2D eigenvalue weighted by molar-refractivity contribution is 6.31. The van der Waals surface area contributed by atoms with Crippen LogP contribution in [0.4, 0.5) is 5.82 Å². The van der Waals surface area contributed by atoms with Crippen molar-refractivity contribution < 1.29 is 4.74 Å². The second-order valence-corrected chi connectivity index (χ2v) is 4.43. The van der Waals surface area contributed by atoms with Crippen LogP contribution in [0.1, 0.15) is 5.56 Å². The molecule has 0 fully saturated rings. The van der Waals surface area contributed by atoms with Gasteiger partial charge in [0.25, 0.3) is 0 Å². The van der Waals surface area contributed by atoms with E-state index in [2.05, 4.69) is 25.9 Å². The lowest BCUT2D eigenvalue weighted by Crippen LogP contribution is -2.06. The van der Waals surface area contributed by atoms with Gasteiger partial charge in [-0.05, 0) is 34.7 Å². The Morgan fingerprint density at radius 3 is 3.05 bits per heavy atom. The summed E-state index contributed by atoms with van der Waals surface area (Å²) in [6.07, 6.45) is 0. The molecule has 3 aromatic rings. The molecule has 0 saturated carbocycles. The molecular formula is C12H11ClN6O. The highest BCUT2D eigenvalue weighted by atomic mass is 35.5. The molecule has 2 aromatic heterocycles. The Hall–Kier alpha value is -2.41. The fraction of sp³-hybridized carbons (Fsp3) is 0.167. The lowest BCUT2D eigenvalue weighted by molar-refractivity contribution is 0.410. The van der Waals surface area contributed by atoms with Gasteiger partial charge < -0.3 is 10.1 Å². The van der Waals surface area contributed by atoms with Gasteiger partial charge in [-0.2, -0.15) is 0 Å². The zero-order chi connectivity index (χ0) is 13.9. The van der Waals surface area contributed by atoms with Crippen molar-refractivity contribution in [2.45, 2.75) is 6.54 Å². The fourth-order valence-corrected chi connectivity index (χ4v) is 2.06. The van der Waals surface area contributed by atoms with E-state index in [1.807, 2.05) is 18.2 Å². The molecular weight excluding hydrogens is 280 g/mol. The number of hydrogen-bond donors (Lipinski definition) is 1. The number of anilines is 1. The first-order valence-corrected chi connectivity index (χ1v) is 6.26. The second-order valence-electron chi connectivity index (χ2n) is 4.02. The molecule has 0 radical (unpaired) electrons. The molecule has 7 nitrogen and oxygen atoms in total. The maximum absolute atomic E-state index is 6.17. The maximum atomic E-state index is 6.17. The van der Waals surface area contributed by atoms with Gasteiger partial charge in [-0.15, -0.1) is 14.8 Å². The summed E-state index contributed by atoms with van der Waals surface area (Å²) in [5.74, 6) is 1.38. The van der Waals surface area contributed by atoms with Gasteiger partial charge in [0.15, 0.2) is 5.65 Å². The number of aromatic nitrogens is 5. The highest BCUT2D eigenvalue weighted by Gasteiger charge is 2.08. The number of nitrogens with zero attached hydrogens (tertiary/aromatic N) is 5. The van der Waals surface area contributed by atoms with E-state index in [-0.39, 0.29) is 0 Å². The molecule has 102 valence electrons. The summed E-state index contributed by atoms with van der Waals surface area (Å²) in [7, 11) is 1.61. The molecule has 0 unspecified atom stereocenters. The summed E-state index contributed by atoms with van der Waals surface area (Å²) < 4.78 is 6.64. The Kier molecular flexibility index (Phi) is 3.34. The standard InChI is InChI=1S/C12H11ClN6O/c1-20-10-4-2-3-9(13)8(10)7-14-11-5-6-12-15-17-18-19(12)16-11/h2-6H,7H2,1H3,(H,14,16). The number of fused-ring (bicyclic) bond motifs is 1. The van der Waals surface area contributed by atoms with Crippen LogP contribution >= 0.6 is 11.6 Å². The van der Waals surface area contributed by atoms with Crippen LogP contribution in [0.5, 0.6) is 5.75 Å². The third-order valence-electron chi connectivity index (χ3n) is 2.81. The van der Waals surface area contributed by atoms with Gasteiger partial charge in [0.05, 0.1) is 7.11 Å². The molecule has 0 aliphatic heterocycles. The molecule has 0 saturated heterocycles. The SMILES string of the molecule is COc1cccc(Cl)c1CNc1ccc2nnnn2n1. The van der Waals surface area contributed by atoms with Crippen molar-refractivity contribution in [2.75, 3.05) is 12.4 Å². The van der Waals surface area contributed by atoms with Crippen molar-refractivity contribution in [1.29, 1.82) is 0 Å². The van der Waals surface area contributed by atoms with E-state index in [1.165, 1.54) is 4.63 Å². The normalized spacial score (nSPS) is 10.7. The molecule has 20 heavy (non-hydrogen) atoms. The quantitative estimate of drug-likeness (QED) is 0.789. The number of ether oxygens (including phenoxy) is 1. The van der Waals surface area contributed by atoms with Crippen LogP contribution in [-0.4, -0.2) is 32.4 Å². The summed E-state index contributed by atoms with van der Waals surface area (Å²) >= 11 is 6.17. The number of methoxy groups -OCH3 is 1. The molecule has 0 amide bonds. The Bertz CT molecular complexity index is 744. The Morgan fingerprint density at radius 2 is 2.20 bits per heavy atom. The van der Waals surface area contributed by atoms with Gasteiger partial charge in [-0.25, -0.2) is 0 Å².